The molecule has 2 atom stereocenters. The molecular weight excluding hydrogens is 164 g/mol. The summed E-state index contributed by atoms with van der Waals surface area (Å²) in [7, 11) is 0. The van der Waals surface area contributed by atoms with Crippen LogP contribution < -0.4 is 10.1 Å². The van der Waals surface area contributed by atoms with Gasteiger partial charge < -0.3 is 10.1 Å². The molecule has 0 bridgehead atoms. The summed E-state index contributed by atoms with van der Waals surface area (Å²) in [5, 5.41) is 3.36. The highest BCUT2D eigenvalue weighted by Gasteiger charge is 2.19. The number of pyridine rings is 1. The third-order valence-corrected chi connectivity index (χ3v) is 2.25. The van der Waals surface area contributed by atoms with Crippen molar-refractivity contribution in [2.45, 2.75) is 26.0 Å². The third kappa shape index (κ3) is 1.65. The van der Waals surface area contributed by atoms with Crippen LogP contribution in [0.2, 0.25) is 0 Å². The first-order valence-corrected chi connectivity index (χ1v) is 4.62. The SMILES string of the molecule is C[C@@H]1CN[C@@H](C)c2ncccc2O1. The van der Waals surface area contributed by atoms with Gasteiger partial charge >= 0.3 is 0 Å². The highest BCUT2D eigenvalue weighted by molar-refractivity contribution is 5.30. The minimum Gasteiger partial charge on any atom is -0.487 e. The standard InChI is InChI=1S/C10H14N2O/c1-7-6-12-8(2)10-9(13-7)4-3-5-11-10/h3-5,7-8,12H,6H2,1-2H3/t7-,8+/m1/s1. The van der Waals surface area contributed by atoms with Crippen LogP contribution in [0.5, 0.6) is 5.75 Å². The normalized spacial score (nSPS) is 27.2. The predicted octanol–water partition coefficient (Wildman–Crippen LogP) is 1.51. The van der Waals surface area contributed by atoms with Gasteiger partial charge in [-0.1, -0.05) is 0 Å². The number of fused-ring (bicyclic) bond motifs is 1. The summed E-state index contributed by atoms with van der Waals surface area (Å²) < 4.78 is 5.70. The summed E-state index contributed by atoms with van der Waals surface area (Å²) in [6.07, 6.45) is 2.02. The van der Waals surface area contributed by atoms with Crippen molar-refractivity contribution in [3.05, 3.63) is 24.0 Å². The Morgan fingerprint density at radius 3 is 3.23 bits per heavy atom. The molecule has 0 aromatic carbocycles. The molecule has 1 aliphatic heterocycles. The van der Waals surface area contributed by atoms with Gasteiger partial charge in [0.15, 0.2) is 0 Å². The summed E-state index contributed by atoms with van der Waals surface area (Å²) in [6.45, 7) is 5.03. The Hall–Kier alpha value is -1.09. The second-order valence-electron chi connectivity index (χ2n) is 3.45. The molecule has 13 heavy (non-hydrogen) atoms. The topological polar surface area (TPSA) is 34.2 Å². The van der Waals surface area contributed by atoms with Gasteiger partial charge in [-0.15, -0.1) is 0 Å². The number of aromatic nitrogens is 1. The van der Waals surface area contributed by atoms with Crippen molar-refractivity contribution < 1.29 is 4.74 Å². The first-order valence-electron chi connectivity index (χ1n) is 4.62. The van der Waals surface area contributed by atoms with Crippen LogP contribution in [0.4, 0.5) is 0 Å². The van der Waals surface area contributed by atoms with E-state index in [0.29, 0.717) is 0 Å². The second kappa shape index (κ2) is 3.34. The lowest BCUT2D eigenvalue weighted by atomic mass is 10.2. The molecule has 2 rings (SSSR count). The molecule has 0 spiro atoms. The Kier molecular flexibility index (Phi) is 2.19. The van der Waals surface area contributed by atoms with E-state index < -0.39 is 0 Å². The minimum atomic E-state index is 0.216. The van der Waals surface area contributed by atoms with Crippen LogP contribution in [0.15, 0.2) is 18.3 Å². The Morgan fingerprint density at radius 2 is 2.38 bits per heavy atom. The first kappa shape index (κ1) is 8.51. The van der Waals surface area contributed by atoms with Gasteiger partial charge in [-0.05, 0) is 26.0 Å². The lowest BCUT2D eigenvalue weighted by Gasteiger charge is -2.10. The summed E-state index contributed by atoms with van der Waals surface area (Å²) in [5.74, 6) is 0.910. The van der Waals surface area contributed by atoms with E-state index in [9.17, 15) is 0 Å². The molecule has 1 aromatic heterocycles. The van der Waals surface area contributed by atoms with E-state index in [-0.39, 0.29) is 12.1 Å². The maximum atomic E-state index is 5.70. The van der Waals surface area contributed by atoms with Crippen molar-refractivity contribution in [1.29, 1.82) is 0 Å². The quantitative estimate of drug-likeness (QED) is 0.654. The summed E-state index contributed by atoms with van der Waals surface area (Å²) in [5.41, 5.74) is 1.01. The molecule has 1 N–H and O–H groups in total. The van der Waals surface area contributed by atoms with Crippen molar-refractivity contribution in [3.8, 4) is 5.75 Å². The Bertz CT molecular complexity index is 301. The molecule has 1 aromatic rings. The van der Waals surface area contributed by atoms with Crippen LogP contribution in [0.3, 0.4) is 0 Å². The van der Waals surface area contributed by atoms with Gasteiger partial charge in [-0.25, -0.2) is 0 Å². The van der Waals surface area contributed by atoms with E-state index >= 15 is 0 Å². The molecule has 0 saturated heterocycles. The third-order valence-electron chi connectivity index (χ3n) is 2.25. The molecule has 0 unspecified atom stereocenters. The molecule has 0 amide bonds. The van der Waals surface area contributed by atoms with Crippen LogP contribution >= 0.6 is 0 Å². The Morgan fingerprint density at radius 1 is 1.54 bits per heavy atom. The maximum Gasteiger partial charge on any atom is 0.142 e. The fourth-order valence-electron chi connectivity index (χ4n) is 1.53. The van der Waals surface area contributed by atoms with Crippen molar-refractivity contribution in [3.63, 3.8) is 0 Å². The molecular formula is C10H14N2O. The zero-order valence-corrected chi connectivity index (χ0v) is 7.95. The predicted molar refractivity (Wildman–Crippen MR) is 50.7 cm³/mol. The summed E-state index contributed by atoms with van der Waals surface area (Å²) in [6, 6.07) is 4.16. The van der Waals surface area contributed by atoms with E-state index in [0.717, 1.165) is 18.0 Å². The van der Waals surface area contributed by atoms with E-state index in [1.54, 1.807) is 6.20 Å². The molecule has 0 fully saturated rings. The smallest absolute Gasteiger partial charge is 0.142 e. The number of hydrogen-bond donors (Lipinski definition) is 1. The number of ether oxygens (including phenoxy) is 1. The average molecular weight is 178 g/mol. The Labute approximate surface area is 78.1 Å². The van der Waals surface area contributed by atoms with Crippen LogP contribution in [0, 0.1) is 0 Å². The van der Waals surface area contributed by atoms with Gasteiger partial charge in [-0.2, -0.15) is 0 Å². The Balaban J connectivity index is 2.38. The van der Waals surface area contributed by atoms with Gasteiger partial charge in [-0.3, -0.25) is 4.98 Å². The van der Waals surface area contributed by atoms with E-state index in [1.807, 2.05) is 12.1 Å². The van der Waals surface area contributed by atoms with Gasteiger partial charge in [0.1, 0.15) is 11.9 Å². The van der Waals surface area contributed by atoms with Crippen molar-refractivity contribution in [1.82, 2.24) is 10.3 Å². The lowest BCUT2D eigenvalue weighted by molar-refractivity contribution is 0.225. The van der Waals surface area contributed by atoms with Gasteiger partial charge in [0.25, 0.3) is 0 Å². The van der Waals surface area contributed by atoms with E-state index in [1.165, 1.54) is 0 Å². The molecule has 70 valence electrons. The average Bonchev–Trinajstić information content (AvgIpc) is 2.27. The van der Waals surface area contributed by atoms with E-state index in [2.05, 4.69) is 24.1 Å². The van der Waals surface area contributed by atoms with Gasteiger partial charge in [0.05, 0.1) is 11.7 Å². The first-order chi connectivity index (χ1) is 6.27. The largest absolute Gasteiger partial charge is 0.487 e. The molecule has 3 heteroatoms. The van der Waals surface area contributed by atoms with Crippen LogP contribution in [0.25, 0.3) is 0 Å². The zero-order chi connectivity index (χ0) is 9.26. The summed E-state index contributed by atoms with van der Waals surface area (Å²) in [4.78, 5) is 4.31. The lowest BCUT2D eigenvalue weighted by Crippen LogP contribution is -2.27. The monoisotopic (exact) mass is 178 g/mol. The van der Waals surface area contributed by atoms with Crippen LogP contribution in [-0.2, 0) is 0 Å². The zero-order valence-electron chi connectivity index (χ0n) is 7.95. The molecule has 1 aliphatic rings. The number of rotatable bonds is 0. The fourth-order valence-corrected chi connectivity index (χ4v) is 1.53. The van der Waals surface area contributed by atoms with Crippen LogP contribution in [-0.4, -0.2) is 17.6 Å². The van der Waals surface area contributed by atoms with Crippen molar-refractivity contribution >= 4 is 0 Å². The highest BCUT2D eigenvalue weighted by Crippen LogP contribution is 2.25. The summed E-state index contributed by atoms with van der Waals surface area (Å²) >= 11 is 0. The van der Waals surface area contributed by atoms with Crippen LogP contribution in [0.1, 0.15) is 25.6 Å². The second-order valence-corrected chi connectivity index (χ2v) is 3.45. The van der Waals surface area contributed by atoms with Gasteiger partial charge in [0, 0.05) is 12.7 Å². The number of nitrogens with zero attached hydrogens (tertiary/aromatic N) is 1. The maximum absolute atomic E-state index is 5.70. The molecule has 0 saturated carbocycles. The van der Waals surface area contributed by atoms with E-state index in [4.69, 9.17) is 4.74 Å². The van der Waals surface area contributed by atoms with Crippen molar-refractivity contribution in [2.24, 2.45) is 0 Å². The highest BCUT2D eigenvalue weighted by atomic mass is 16.5. The number of nitrogens with one attached hydrogen (secondary N) is 1. The van der Waals surface area contributed by atoms with Crippen molar-refractivity contribution in [2.75, 3.05) is 6.54 Å². The fraction of sp³-hybridized carbons (Fsp3) is 0.500. The van der Waals surface area contributed by atoms with Gasteiger partial charge in [0.2, 0.25) is 0 Å². The molecule has 0 radical (unpaired) electrons. The molecule has 0 aliphatic carbocycles. The number of hydrogen-bond acceptors (Lipinski definition) is 3. The molecule has 2 heterocycles. The minimum absolute atomic E-state index is 0.216. The molecule has 3 nitrogen and oxygen atoms in total.